The number of thiophene rings is 1. The van der Waals surface area contributed by atoms with E-state index in [9.17, 15) is 22.6 Å². The van der Waals surface area contributed by atoms with Gasteiger partial charge in [0.25, 0.3) is 28.0 Å². The molecule has 0 atom stereocenters. The quantitative estimate of drug-likeness (QED) is 0.389. The lowest BCUT2D eigenvalue weighted by Gasteiger charge is -2.22. The number of ether oxygens (including phenoxy) is 1. The number of hydrogen-bond acceptors (Lipinski definition) is 8. The van der Waals surface area contributed by atoms with Crippen LogP contribution in [-0.4, -0.2) is 54.8 Å². The highest BCUT2D eigenvalue weighted by atomic mass is 35.5. The summed E-state index contributed by atoms with van der Waals surface area (Å²) in [5.41, 5.74) is 0.792. The third kappa shape index (κ3) is 5.77. The van der Waals surface area contributed by atoms with Crippen molar-refractivity contribution < 1.29 is 27.3 Å². The number of halogens is 1. The van der Waals surface area contributed by atoms with Crippen LogP contribution >= 0.6 is 22.9 Å². The molecule has 182 valence electrons. The molecule has 11 nitrogen and oxygen atoms in total. The Morgan fingerprint density at radius 3 is 2.57 bits per heavy atom. The average molecular weight is 536 g/mol. The highest BCUT2D eigenvalue weighted by Gasteiger charge is 2.28. The Kier molecular flexibility index (Phi) is 7.03. The van der Waals surface area contributed by atoms with E-state index in [0.717, 1.165) is 16.2 Å². The van der Waals surface area contributed by atoms with Gasteiger partial charge in [0, 0.05) is 17.6 Å². The number of carbonyl (C=O) groups is 2. The highest BCUT2D eigenvalue weighted by molar-refractivity contribution is 7.85. The van der Waals surface area contributed by atoms with Crippen molar-refractivity contribution in [2.75, 3.05) is 34.1 Å². The van der Waals surface area contributed by atoms with Gasteiger partial charge in [-0.2, -0.15) is 8.42 Å². The molecule has 1 fully saturated rings. The lowest BCUT2D eigenvalue weighted by atomic mass is 10.2. The monoisotopic (exact) mass is 535 g/mol. The van der Waals surface area contributed by atoms with Gasteiger partial charge in [-0.25, -0.2) is 4.98 Å². The Morgan fingerprint density at radius 2 is 1.97 bits per heavy atom. The van der Waals surface area contributed by atoms with Gasteiger partial charge < -0.3 is 10.1 Å². The number of pyridine rings is 1. The smallest absolute Gasteiger partial charge is 0.289 e. The van der Waals surface area contributed by atoms with Crippen molar-refractivity contribution in [2.24, 2.45) is 0 Å². The average Bonchev–Trinajstić information content (AvgIpc) is 3.47. The molecule has 3 heterocycles. The summed E-state index contributed by atoms with van der Waals surface area (Å²) in [5.74, 6) is -2.23. The number of amidine groups is 1. The normalized spacial score (nSPS) is 13.4. The molecule has 0 saturated carbocycles. The summed E-state index contributed by atoms with van der Waals surface area (Å²) in [5, 5.41) is 12.3. The number of hydrogen-bond donors (Lipinski definition) is 3. The predicted octanol–water partition coefficient (Wildman–Crippen LogP) is 3.31. The summed E-state index contributed by atoms with van der Waals surface area (Å²) in [6.45, 7) is 0.838. The van der Waals surface area contributed by atoms with E-state index in [1.807, 2.05) is 0 Å². The van der Waals surface area contributed by atoms with E-state index in [2.05, 4.69) is 10.3 Å². The number of benzene rings is 1. The molecule has 35 heavy (non-hydrogen) atoms. The van der Waals surface area contributed by atoms with Crippen molar-refractivity contribution in [2.45, 2.75) is 0 Å². The number of nitrogens with zero attached hydrogens (tertiary/aromatic N) is 3. The zero-order valence-corrected chi connectivity index (χ0v) is 20.2. The van der Waals surface area contributed by atoms with E-state index < -0.39 is 27.8 Å². The van der Waals surface area contributed by atoms with E-state index in [1.54, 1.807) is 17.0 Å². The Hall–Kier alpha value is -3.52. The standard InChI is InChI=1S/C21H18ClN5O6S2/c22-13-1-6-17(24-11-13)25-19(28)16-7-10-34-18(16)20(29)27(12-35(30,31)32)15-4-2-14(3-5-15)26-8-9-33-21(26)23/h1-7,10-11,23H,8-9,12H2,(H,24,25,28)(H,30,31,32). The molecule has 0 spiro atoms. The molecule has 1 saturated heterocycles. The van der Waals surface area contributed by atoms with Crippen LogP contribution in [0.3, 0.4) is 0 Å². The van der Waals surface area contributed by atoms with E-state index >= 15 is 0 Å². The molecule has 0 aliphatic carbocycles. The van der Waals surface area contributed by atoms with Gasteiger partial charge in [-0.05, 0) is 47.8 Å². The Labute approximate surface area is 209 Å². The predicted molar refractivity (Wildman–Crippen MR) is 132 cm³/mol. The SMILES string of the molecule is N=C1OCCN1c1ccc(N(CS(=O)(=O)O)C(=O)c2sccc2C(=O)Nc2ccc(Cl)cn2)cc1. The van der Waals surface area contributed by atoms with Gasteiger partial charge in [0.15, 0.2) is 5.88 Å². The third-order valence-electron chi connectivity index (χ3n) is 4.88. The molecule has 1 aliphatic rings. The summed E-state index contributed by atoms with van der Waals surface area (Å²) < 4.78 is 38.0. The van der Waals surface area contributed by atoms with Gasteiger partial charge in [0.05, 0.1) is 17.1 Å². The summed E-state index contributed by atoms with van der Waals surface area (Å²) >= 11 is 6.75. The van der Waals surface area contributed by atoms with Crippen LogP contribution in [0.5, 0.6) is 0 Å². The van der Waals surface area contributed by atoms with Crippen molar-refractivity contribution in [3.8, 4) is 0 Å². The second-order valence-electron chi connectivity index (χ2n) is 7.25. The fourth-order valence-electron chi connectivity index (χ4n) is 3.30. The molecule has 14 heteroatoms. The van der Waals surface area contributed by atoms with Crippen LogP contribution < -0.4 is 15.1 Å². The number of carbonyl (C=O) groups excluding carboxylic acids is 2. The minimum Gasteiger partial charge on any atom is -0.463 e. The summed E-state index contributed by atoms with van der Waals surface area (Å²) in [4.78, 5) is 32.6. The van der Waals surface area contributed by atoms with Gasteiger partial charge in [0.2, 0.25) is 0 Å². The van der Waals surface area contributed by atoms with E-state index in [1.165, 1.54) is 41.9 Å². The van der Waals surface area contributed by atoms with Gasteiger partial charge in [-0.1, -0.05) is 11.6 Å². The van der Waals surface area contributed by atoms with Crippen LogP contribution in [0.1, 0.15) is 20.0 Å². The lowest BCUT2D eigenvalue weighted by Crippen LogP contribution is -2.36. The van der Waals surface area contributed by atoms with Crippen molar-refractivity contribution in [3.05, 3.63) is 69.5 Å². The molecule has 0 bridgehead atoms. The second-order valence-corrected chi connectivity index (χ2v) is 10.0. The first-order chi connectivity index (χ1) is 16.6. The molecule has 3 N–H and O–H groups in total. The Bertz CT molecular complexity index is 1380. The number of anilines is 3. The minimum absolute atomic E-state index is 0.0105. The third-order valence-corrected chi connectivity index (χ3v) is 6.59. The van der Waals surface area contributed by atoms with Crippen LogP contribution in [0.2, 0.25) is 5.02 Å². The summed E-state index contributed by atoms with van der Waals surface area (Å²) in [7, 11) is -4.61. The fraction of sp³-hybridized carbons (Fsp3) is 0.143. The first kappa shape index (κ1) is 24.6. The van der Waals surface area contributed by atoms with Crippen molar-refractivity contribution in [1.29, 1.82) is 5.41 Å². The van der Waals surface area contributed by atoms with Crippen molar-refractivity contribution in [1.82, 2.24) is 4.98 Å². The molecule has 3 aromatic rings. The van der Waals surface area contributed by atoms with Crippen molar-refractivity contribution in [3.63, 3.8) is 0 Å². The molecule has 0 unspecified atom stereocenters. The molecule has 0 radical (unpaired) electrons. The van der Waals surface area contributed by atoms with Gasteiger partial charge in [-0.3, -0.25) is 29.4 Å². The molecule has 1 aliphatic heterocycles. The molecule has 4 rings (SSSR count). The first-order valence-electron chi connectivity index (χ1n) is 9.99. The maximum atomic E-state index is 13.4. The van der Waals surface area contributed by atoms with Crippen LogP contribution in [0, 0.1) is 5.41 Å². The zero-order valence-electron chi connectivity index (χ0n) is 17.8. The highest BCUT2D eigenvalue weighted by Crippen LogP contribution is 2.27. The maximum absolute atomic E-state index is 13.4. The molecular formula is C21H18ClN5O6S2. The van der Waals surface area contributed by atoms with Gasteiger partial charge in [-0.15, -0.1) is 11.3 Å². The maximum Gasteiger partial charge on any atom is 0.289 e. The molecule has 1 aromatic carbocycles. The van der Waals surface area contributed by atoms with Crippen molar-refractivity contribution >= 4 is 68.1 Å². The van der Waals surface area contributed by atoms with Gasteiger partial charge in [0.1, 0.15) is 17.3 Å². The van der Waals surface area contributed by atoms with Crippen LogP contribution in [0.25, 0.3) is 0 Å². The molecule has 2 aromatic heterocycles. The lowest BCUT2D eigenvalue weighted by molar-refractivity contribution is 0.0974. The van der Waals surface area contributed by atoms with E-state index in [0.29, 0.717) is 23.9 Å². The number of rotatable bonds is 7. The van der Waals surface area contributed by atoms with Crippen LogP contribution in [0.15, 0.2) is 54.0 Å². The second kappa shape index (κ2) is 10.00. The van der Waals surface area contributed by atoms with E-state index in [4.69, 9.17) is 21.7 Å². The number of aromatic nitrogens is 1. The fourth-order valence-corrected chi connectivity index (χ4v) is 4.84. The topological polar surface area (TPSA) is 153 Å². The first-order valence-corrected chi connectivity index (χ1v) is 12.9. The minimum atomic E-state index is -4.61. The number of amides is 2. The molecule has 2 amide bonds. The van der Waals surface area contributed by atoms with Crippen LogP contribution in [-0.2, 0) is 14.9 Å². The largest absolute Gasteiger partial charge is 0.463 e. The Balaban J connectivity index is 1.61. The summed E-state index contributed by atoms with van der Waals surface area (Å²) in [6, 6.07) is 10.6. The Morgan fingerprint density at radius 1 is 1.23 bits per heavy atom. The number of nitrogens with one attached hydrogen (secondary N) is 2. The van der Waals surface area contributed by atoms with Gasteiger partial charge >= 0.3 is 0 Å². The molecular weight excluding hydrogens is 518 g/mol. The van der Waals surface area contributed by atoms with E-state index in [-0.39, 0.29) is 28.0 Å². The van der Waals surface area contributed by atoms with Crippen LogP contribution in [0.4, 0.5) is 17.2 Å². The zero-order chi connectivity index (χ0) is 25.2. The summed E-state index contributed by atoms with van der Waals surface area (Å²) in [6.07, 6.45) is 1.35.